The van der Waals surface area contributed by atoms with Crippen LogP contribution in [0.3, 0.4) is 0 Å². The second kappa shape index (κ2) is 12.5. The predicted molar refractivity (Wildman–Crippen MR) is 115 cm³/mol. The topological polar surface area (TPSA) is 78.8 Å². The first-order chi connectivity index (χ1) is 12.8. The summed E-state index contributed by atoms with van der Waals surface area (Å²) in [6, 6.07) is 6.85. The van der Waals surface area contributed by atoms with Gasteiger partial charge >= 0.3 is 0 Å². The van der Waals surface area contributed by atoms with Crippen LogP contribution in [0, 0.1) is 0 Å². The second-order valence-corrected chi connectivity index (χ2v) is 13.2. The Kier molecular flexibility index (Phi) is 10.7. The molecule has 1 aromatic rings. The van der Waals surface area contributed by atoms with E-state index < -0.39 is 8.07 Å². The first kappa shape index (κ1) is 23.1. The lowest BCUT2D eigenvalue weighted by Gasteiger charge is -2.15. The molecule has 0 atom stereocenters. The Morgan fingerprint density at radius 1 is 1.07 bits per heavy atom. The van der Waals surface area contributed by atoms with Gasteiger partial charge in [0.1, 0.15) is 5.75 Å². The van der Waals surface area contributed by atoms with Gasteiger partial charge in [-0.1, -0.05) is 50.0 Å². The van der Waals surface area contributed by atoms with E-state index >= 15 is 0 Å². The molecule has 5 nitrogen and oxygen atoms in total. The first-order valence-electron chi connectivity index (χ1n) is 9.43. The van der Waals surface area contributed by atoms with Crippen molar-refractivity contribution in [2.24, 2.45) is 0 Å². The molecule has 0 aliphatic carbocycles. The largest absolute Gasteiger partial charge is 0.493 e. The Balaban J connectivity index is 2.51. The van der Waals surface area contributed by atoms with Gasteiger partial charge in [0.25, 0.3) is 0 Å². The number of carbonyl (C=O) groups is 1. The van der Waals surface area contributed by atoms with Gasteiger partial charge in [0.05, 0.1) is 26.2 Å². The van der Waals surface area contributed by atoms with Crippen LogP contribution in [-0.2, 0) is 4.79 Å². The summed E-state index contributed by atoms with van der Waals surface area (Å²) in [5, 5.41) is 20.8. The highest BCUT2D eigenvalue weighted by Crippen LogP contribution is 2.20. The standard InChI is InChI=1S/C21H33NO4Si/c1-27(2,3)14-6-10-22-21(25)9-13-26-20-16-18(7-4-11-23)15-19(17-20)8-5-12-24/h4-5,7-8,15-17,23-24H,6,9-14H2,1-3H3,(H,22,25)/b7-4+,8-5+. The number of aliphatic hydroxyl groups excluding tert-OH is 2. The molecule has 150 valence electrons. The van der Waals surface area contributed by atoms with Crippen molar-refractivity contribution in [2.45, 2.75) is 38.5 Å². The van der Waals surface area contributed by atoms with Crippen LogP contribution in [0.2, 0.25) is 25.7 Å². The van der Waals surface area contributed by atoms with E-state index in [9.17, 15) is 4.79 Å². The number of ether oxygens (including phenoxy) is 1. The van der Waals surface area contributed by atoms with Crippen LogP contribution in [0.5, 0.6) is 5.75 Å². The maximum Gasteiger partial charge on any atom is 0.223 e. The van der Waals surface area contributed by atoms with Gasteiger partial charge in [0.15, 0.2) is 0 Å². The van der Waals surface area contributed by atoms with E-state index in [0.717, 1.165) is 24.1 Å². The van der Waals surface area contributed by atoms with Crippen LogP contribution in [0.4, 0.5) is 0 Å². The molecular weight excluding hydrogens is 358 g/mol. The van der Waals surface area contributed by atoms with Crippen LogP contribution in [0.1, 0.15) is 24.0 Å². The minimum atomic E-state index is -1.05. The Hall–Kier alpha value is -1.89. The zero-order chi connectivity index (χ0) is 20.1. The highest BCUT2D eigenvalue weighted by Gasteiger charge is 2.12. The molecule has 0 radical (unpaired) electrons. The summed E-state index contributed by atoms with van der Waals surface area (Å²) >= 11 is 0. The van der Waals surface area contributed by atoms with Crippen LogP contribution in [0.25, 0.3) is 12.2 Å². The molecule has 0 saturated heterocycles. The lowest BCUT2D eigenvalue weighted by atomic mass is 10.1. The summed E-state index contributed by atoms with van der Waals surface area (Å²) < 4.78 is 5.73. The zero-order valence-corrected chi connectivity index (χ0v) is 17.7. The monoisotopic (exact) mass is 391 g/mol. The molecule has 1 aromatic carbocycles. The summed E-state index contributed by atoms with van der Waals surface area (Å²) in [4.78, 5) is 11.9. The normalized spacial score (nSPS) is 12.0. The number of amides is 1. The molecule has 0 aromatic heterocycles. The molecule has 3 N–H and O–H groups in total. The minimum absolute atomic E-state index is 0.00214. The average Bonchev–Trinajstić information content (AvgIpc) is 2.61. The second-order valence-electron chi connectivity index (χ2n) is 7.62. The van der Waals surface area contributed by atoms with Gasteiger partial charge in [0, 0.05) is 14.6 Å². The van der Waals surface area contributed by atoms with Crippen LogP contribution < -0.4 is 10.1 Å². The van der Waals surface area contributed by atoms with E-state index in [2.05, 4.69) is 25.0 Å². The van der Waals surface area contributed by atoms with Crippen molar-refractivity contribution in [2.75, 3.05) is 26.4 Å². The molecule has 0 saturated carbocycles. The molecule has 1 amide bonds. The number of aliphatic hydroxyl groups is 2. The number of hydrogen-bond donors (Lipinski definition) is 3. The van der Waals surface area contributed by atoms with Crippen molar-refractivity contribution >= 4 is 26.1 Å². The van der Waals surface area contributed by atoms with Gasteiger partial charge in [-0.25, -0.2) is 0 Å². The molecule has 6 heteroatoms. The van der Waals surface area contributed by atoms with Crippen molar-refractivity contribution in [3.8, 4) is 5.75 Å². The van der Waals surface area contributed by atoms with Crippen molar-refractivity contribution in [1.29, 1.82) is 0 Å². The molecule has 27 heavy (non-hydrogen) atoms. The van der Waals surface area contributed by atoms with E-state index in [1.807, 2.05) is 18.2 Å². The van der Waals surface area contributed by atoms with Gasteiger partial charge in [-0.15, -0.1) is 0 Å². The number of rotatable bonds is 12. The fraction of sp³-hybridized carbons (Fsp3) is 0.476. The van der Waals surface area contributed by atoms with E-state index in [4.69, 9.17) is 14.9 Å². The third kappa shape index (κ3) is 11.4. The molecule has 0 bridgehead atoms. The Bertz CT molecular complexity index is 603. The smallest absolute Gasteiger partial charge is 0.223 e. The predicted octanol–water partition coefficient (Wildman–Crippen LogP) is 3.31. The zero-order valence-electron chi connectivity index (χ0n) is 16.7. The van der Waals surface area contributed by atoms with Gasteiger partial charge in [0.2, 0.25) is 5.91 Å². The van der Waals surface area contributed by atoms with Crippen molar-refractivity contribution in [3.63, 3.8) is 0 Å². The fourth-order valence-electron chi connectivity index (χ4n) is 2.50. The van der Waals surface area contributed by atoms with Crippen LogP contribution in [0.15, 0.2) is 30.4 Å². The number of nitrogens with one attached hydrogen (secondary N) is 1. The molecule has 0 heterocycles. The summed E-state index contributed by atoms with van der Waals surface area (Å²) in [7, 11) is -1.05. The quantitative estimate of drug-likeness (QED) is 0.377. The molecule has 1 rings (SSSR count). The third-order valence-electron chi connectivity index (χ3n) is 3.81. The highest BCUT2D eigenvalue weighted by molar-refractivity contribution is 6.76. The molecule has 0 aliphatic heterocycles. The lowest BCUT2D eigenvalue weighted by molar-refractivity contribution is -0.121. The average molecular weight is 392 g/mol. The summed E-state index contributed by atoms with van der Waals surface area (Å²) in [5.41, 5.74) is 1.77. The molecule has 0 aliphatic rings. The number of benzene rings is 1. The van der Waals surface area contributed by atoms with E-state index in [0.29, 0.717) is 18.8 Å². The highest BCUT2D eigenvalue weighted by atomic mass is 28.3. The minimum Gasteiger partial charge on any atom is -0.493 e. The summed E-state index contributed by atoms with van der Waals surface area (Å²) in [5.74, 6) is 0.654. The Labute approximate surface area is 163 Å². The molecule has 0 unspecified atom stereocenters. The summed E-state index contributed by atoms with van der Waals surface area (Å²) in [6.45, 7) is 7.94. The van der Waals surface area contributed by atoms with E-state index in [1.165, 1.54) is 6.04 Å². The first-order valence-corrected chi connectivity index (χ1v) is 13.1. The van der Waals surface area contributed by atoms with E-state index in [1.54, 1.807) is 24.3 Å². The van der Waals surface area contributed by atoms with Gasteiger partial charge in [-0.2, -0.15) is 0 Å². The van der Waals surface area contributed by atoms with Gasteiger partial charge in [-0.3, -0.25) is 4.79 Å². The summed E-state index contributed by atoms with van der Waals surface area (Å²) in [6.07, 6.45) is 8.23. The van der Waals surface area contributed by atoms with Crippen LogP contribution >= 0.6 is 0 Å². The number of carbonyl (C=O) groups excluding carboxylic acids is 1. The number of hydrogen-bond acceptors (Lipinski definition) is 4. The van der Waals surface area contributed by atoms with E-state index in [-0.39, 0.29) is 19.1 Å². The third-order valence-corrected chi connectivity index (χ3v) is 5.66. The lowest BCUT2D eigenvalue weighted by Crippen LogP contribution is -2.28. The molecule has 0 spiro atoms. The van der Waals surface area contributed by atoms with Gasteiger partial charge in [-0.05, 0) is 35.7 Å². The maximum atomic E-state index is 11.9. The molecular formula is C21H33NO4Si. The fourth-order valence-corrected chi connectivity index (χ4v) is 3.73. The van der Waals surface area contributed by atoms with Crippen LogP contribution in [-0.4, -0.2) is 50.6 Å². The Morgan fingerprint density at radius 3 is 2.19 bits per heavy atom. The van der Waals surface area contributed by atoms with Crippen molar-refractivity contribution in [1.82, 2.24) is 5.32 Å². The Morgan fingerprint density at radius 2 is 1.67 bits per heavy atom. The van der Waals surface area contributed by atoms with Gasteiger partial charge < -0.3 is 20.3 Å². The maximum absolute atomic E-state index is 11.9. The van der Waals surface area contributed by atoms with Crippen molar-refractivity contribution < 1.29 is 19.7 Å². The SMILES string of the molecule is C[Si](C)(C)CCCNC(=O)CCOc1cc(/C=C/CO)cc(/C=C/CO)c1. The molecule has 0 fully saturated rings. The van der Waals surface area contributed by atoms with Crippen molar-refractivity contribution in [3.05, 3.63) is 41.5 Å².